The van der Waals surface area contributed by atoms with Crippen LogP contribution in [0.25, 0.3) is 0 Å². The van der Waals surface area contributed by atoms with E-state index in [1.54, 1.807) is 11.0 Å². The van der Waals surface area contributed by atoms with Crippen LogP contribution in [0.3, 0.4) is 0 Å². The molecule has 0 heterocycles. The van der Waals surface area contributed by atoms with Crippen LogP contribution in [-0.2, 0) is 4.79 Å². The minimum absolute atomic E-state index is 0.0864. The van der Waals surface area contributed by atoms with E-state index in [-0.39, 0.29) is 24.2 Å². The van der Waals surface area contributed by atoms with Gasteiger partial charge in [0.1, 0.15) is 6.54 Å². The van der Waals surface area contributed by atoms with Crippen LogP contribution in [0.1, 0.15) is 33.6 Å². The number of rotatable bonds is 5. The van der Waals surface area contributed by atoms with E-state index in [2.05, 4.69) is 6.58 Å². The molecule has 0 saturated heterocycles. The van der Waals surface area contributed by atoms with Crippen molar-refractivity contribution in [1.82, 2.24) is 9.80 Å². The zero-order valence-electron chi connectivity index (χ0n) is 11.3. The number of carboxylic acids is 1. The van der Waals surface area contributed by atoms with Gasteiger partial charge < -0.3 is 14.9 Å². The number of urea groups is 1. The van der Waals surface area contributed by atoms with Crippen LogP contribution in [0.15, 0.2) is 12.7 Å². The number of nitrogens with zero attached hydrogens (tertiary/aromatic N) is 2. The third kappa shape index (κ3) is 3.75. The number of carbonyl (C=O) groups excluding carboxylic acids is 1. The van der Waals surface area contributed by atoms with Gasteiger partial charge in [-0.3, -0.25) is 4.79 Å². The van der Waals surface area contributed by atoms with Crippen molar-refractivity contribution in [2.75, 3.05) is 13.1 Å². The van der Waals surface area contributed by atoms with E-state index >= 15 is 0 Å². The molecule has 1 N–H and O–H groups in total. The van der Waals surface area contributed by atoms with E-state index in [9.17, 15) is 9.59 Å². The molecule has 1 fully saturated rings. The highest BCUT2D eigenvalue weighted by molar-refractivity contribution is 5.81. The van der Waals surface area contributed by atoms with Crippen LogP contribution in [0.5, 0.6) is 0 Å². The zero-order chi connectivity index (χ0) is 13.9. The summed E-state index contributed by atoms with van der Waals surface area (Å²) in [6.07, 6.45) is 3.45. The fourth-order valence-electron chi connectivity index (χ4n) is 1.81. The van der Waals surface area contributed by atoms with Crippen molar-refractivity contribution in [2.24, 2.45) is 0 Å². The van der Waals surface area contributed by atoms with Gasteiger partial charge in [-0.25, -0.2) is 4.79 Å². The fourth-order valence-corrected chi connectivity index (χ4v) is 1.81. The van der Waals surface area contributed by atoms with E-state index in [0.29, 0.717) is 6.54 Å². The van der Waals surface area contributed by atoms with Gasteiger partial charge in [-0.1, -0.05) is 6.08 Å². The van der Waals surface area contributed by atoms with Crippen LogP contribution in [0.4, 0.5) is 4.79 Å². The average Bonchev–Trinajstić information content (AvgIpc) is 3.03. The quantitative estimate of drug-likeness (QED) is 0.763. The lowest BCUT2D eigenvalue weighted by Crippen LogP contribution is -2.53. The third-order valence-corrected chi connectivity index (χ3v) is 2.89. The smallest absolute Gasteiger partial charge is 0.323 e. The lowest BCUT2D eigenvalue weighted by molar-refractivity contribution is -0.138. The Bertz CT molecular complexity index is 343. The minimum atomic E-state index is -0.970. The Morgan fingerprint density at radius 3 is 2.28 bits per heavy atom. The van der Waals surface area contributed by atoms with Crippen molar-refractivity contribution >= 4 is 12.0 Å². The summed E-state index contributed by atoms with van der Waals surface area (Å²) in [5.41, 5.74) is -0.350. The Morgan fingerprint density at radius 1 is 1.39 bits per heavy atom. The van der Waals surface area contributed by atoms with Crippen molar-refractivity contribution in [3.63, 3.8) is 0 Å². The van der Waals surface area contributed by atoms with Gasteiger partial charge in [0, 0.05) is 18.1 Å². The number of carbonyl (C=O) groups is 2. The molecular weight excluding hydrogens is 232 g/mol. The first kappa shape index (κ1) is 14.5. The van der Waals surface area contributed by atoms with E-state index in [1.807, 2.05) is 20.8 Å². The Morgan fingerprint density at radius 2 is 1.94 bits per heavy atom. The second-order valence-electron chi connectivity index (χ2n) is 5.61. The predicted molar refractivity (Wildman–Crippen MR) is 69.4 cm³/mol. The number of hydrogen-bond acceptors (Lipinski definition) is 2. The normalized spacial score (nSPS) is 15.1. The van der Waals surface area contributed by atoms with Crippen LogP contribution in [0.2, 0.25) is 0 Å². The molecule has 2 amide bonds. The van der Waals surface area contributed by atoms with E-state index < -0.39 is 5.97 Å². The zero-order valence-corrected chi connectivity index (χ0v) is 11.3. The monoisotopic (exact) mass is 254 g/mol. The maximum absolute atomic E-state index is 12.4. The number of aliphatic carboxylic acids is 1. The summed E-state index contributed by atoms with van der Waals surface area (Å²) in [6, 6.07) is -0.129. The third-order valence-electron chi connectivity index (χ3n) is 2.89. The molecule has 1 aliphatic rings. The first-order chi connectivity index (χ1) is 8.27. The van der Waals surface area contributed by atoms with Crippen LogP contribution in [-0.4, -0.2) is 51.6 Å². The van der Waals surface area contributed by atoms with E-state index in [4.69, 9.17) is 5.11 Å². The van der Waals surface area contributed by atoms with Gasteiger partial charge in [-0.05, 0) is 33.6 Å². The first-order valence-corrected chi connectivity index (χ1v) is 6.18. The van der Waals surface area contributed by atoms with Crippen LogP contribution >= 0.6 is 0 Å². The van der Waals surface area contributed by atoms with Crippen molar-refractivity contribution < 1.29 is 14.7 Å². The van der Waals surface area contributed by atoms with Gasteiger partial charge >= 0.3 is 12.0 Å². The van der Waals surface area contributed by atoms with Gasteiger partial charge in [0.05, 0.1) is 0 Å². The maximum Gasteiger partial charge on any atom is 0.323 e. The molecule has 1 aliphatic carbocycles. The Labute approximate surface area is 108 Å². The molecule has 0 aromatic heterocycles. The summed E-state index contributed by atoms with van der Waals surface area (Å²) in [5, 5.41) is 8.89. The SMILES string of the molecule is C=CCN(C(=O)N(CC(=O)O)C1CC1)C(C)(C)C. The molecule has 0 spiro atoms. The van der Waals surface area contributed by atoms with Crippen LogP contribution in [0, 0.1) is 0 Å². The Hall–Kier alpha value is -1.52. The standard InChI is InChI=1S/C13H22N2O3/c1-5-8-15(13(2,3)4)12(18)14(9-11(16)17)10-6-7-10/h5,10H,1,6-9H2,2-4H3,(H,16,17). The lowest BCUT2D eigenvalue weighted by atomic mass is 10.1. The van der Waals surface area contributed by atoms with Gasteiger partial charge in [0.15, 0.2) is 0 Å². The van der Waals surface area contributed by atoms with Gasteiger partial charge in [-0.15, -0.1) is 6.58 Å². The fraction of sp³-hybridized carbons (Fsp3) is 0.692. The summed E-state index contributed by atoms with van der Waals surface area (Å²) in [4.78, 5) is 26.4. The summed E-state index contributed by atoms with van der Waals surface area (Å²) in [7, 11) is 0. The molecule has 0 radical (unpaired) electrons. The number of hydrogen-bond donors (Lipinski definition) is 1. The molecule has 0 aromatic carbocycles. The Balaban J connectivity index is 2.84. The molecule has 1 saturated carbocycles. The summed E-state index contributed by atoms with van der Waals surface area (Å²) < 4.78 is 0. The highest BCUT2D eigenvalue weighted by Gasteiger charge is 2.38. The molecule has 5 nitrogen and oxygen atoms in total. The highest BCUT2D eigenvalue weighted by atomic mass is 16.4. The molecule has 0 aliphatic heterocycles. The summed E-state index contributed by atoms with van der Waals surface area (Å²) in [6.45, 7) is 9.63. The topological polar surface area (TPSA) is 60.9 Å². The molecule has 0 unspecified atom stereocenters. The second kappa shape index (κ2) is 5.42. The van der Waals surface area contributed by atoms with Gasteiger partial charge in [0.25, 0.3) is 0 Å². The molecule has 102 valence electrons. The van der Waals surface area contributed by atoms with Crippen molar-refractivity contribution in [3.8, 4) is 0 Å². The van der Waals surface area contributed by atoms with E-state index in [1.165, 1.54) is 4.90 Å². The van der Waals surface area contributed by atoms with Crippen molar-refractivity contribution in [2.45, 2.75) is 45.2 Å². The number of carboxylic acid groups (broad SMARTS) is 1. The molecule has 0 aromatic rings. The summed E-state index contributed by atoms with van der Waals surface area (Å²) in [5.74, 6) is -0.970. The molecule has 1 rings (SSSR count). The molecule has 18 heavy (non-hydrogen) atoms. The van der Waals surface area contributed by atoms with Crippen molar-refractivity contribution in [3.05, 3.63) is 12.7 Å². The average molecular weight is 254 g/mol. The largest absolute Gasteiger partial charge is 0.480 e. The number of amides is 2. The molecular formula is C13H22N2O3. The lowest BCUT2D eigenvalue weighted by Gasteiger charge is -2.38. The Kier molecular flexibility index (Phi) is 4.38. The van der Waals surface area contributed by atoms with Gasteiger partial charge in [0.2, 0.25) is 0 Å². The predicted octanol–water partition coefficient (Wildman–Crippen LogP) is 1.94. The first-order valence-electron chi connectivity index (χ1n) is 6.18. The summed E-state index contributed by atoms with van der Waals surface area (Å²) >= 11 is 0. The maximum atomic E-state index is 12.4. The molecule has 0 bridgehead atoms. The van der Waals surface area contributed by atoms with Crippen molar-refractivity contribution in [1.29, 1.82) is 0 Å². The molecule has 5 heteroatoms. The van der Waals surface area contributed by atoms with Crippen LogP contribution < -0.4 is 0 Å². The second-order valence-corrected chi connectivity index (χ2v) is 5.61. The highest BCUT2D eigenvalue weighted by Crippen LogP contribution is 2.29. The molecule has 0 atom stereocenters. The minimum Gasteiger partial charge on any atom is -0.480 e. The van der Waals surface area contributed by atoms with E-state index in [0.717, 1.165) is 12.8 Å². The van der Waals surface area contributed by atoms with Gasteiger partial charge in [-0.2, -0.15) is 0 Å².